The molecule has 6 heteroatoms. The van der Waals surface area contributed by atoms with Crippen LogP contribution >= 0.6 is 0 Å². The molecule has 0 aliphatic carbocycles. The number of carbonyl (C=O) groups is 1. The van der Waals surface area contributed by atoms with Crippen LogP contribution in [0.3, 0.4) is 0 Å². The number of hydrogen-bond donors (Lipinski definition) is 2. The predicted molar refractivity (Wildman–Crippen MR) is 127 cm³/mol. The Labute approximate surface area is 184 Å². The molecule has 0 bridgehead atoms. The first-order chi connectivity index (χ1) is 14.9. The van der Waals surface area contributed by atoms with E-state index in [1.807, 2.05) is 54.9 Å². The number of guanidine groups is 1. The molecular formula is C25H31N5O. The first-order valence-electron chi connectivity index (χ1n) is 10.7. The highest BCUT2D eigenvalue weighted by Gasteiger charge is 2.14. The van der Waals surface area contributed by atoms with Crippen LogP contribution in [0.4, 0.5) is 5.69 Å². The molecule has 6 nitrogen and oxygen atoms in total. The minimum atomic E-state index is -0.186. The fraction of sp³-hybridized carbons (Fsp3) is 0.320. The maximum atomic E-state index is 12.9. The molecule has 0 atom stereocenters. The zero-order valence-corrected chi connectivity index (χ0v) is 19.0. The Hall–Kier alpha value is -3.41. The zero-order chi connectivity index (χ0) is 22.4. The van der Waals surface area contributed by atoms with E-state index in [-0.39, 0.29) is 5.91 Å². The first kappa shape index (κ1) is 22.3. The van der Waals surface area contributed by atoms with E-state index in [4.69, 9.17) is 4.99 Å². The highest BCUT2D eigenvalue weighted by Crippen LogP contribution is 2.15. The van der Waals surface area contributed by atoms with Gasteiger partial charge in [-0.2, -0.15) is 5.10 Å². The molecule has 0 saturated carbocycles. The van der Waals surface area contributed by atoms with Crippen molar-refractivity contribution in [2.45, 2.75) is 54.1 Å². The molecule has 1 aromatic heterocycles. The van der Waals surface area contributed by atoms with Gasteiger partial charge < -0.3 is 5.32 Å². The molecule has 1 heterocycles. The Morgan fingerprint density at radius 1 is 1.06 bits per heavy atom. The largest absolute Gasteiger partial charge is 0.326 e. The Kier molecular flexibility index (Phi) is 7.23. The summed E-state index contributed by atoms with van der Waals surface area (Å²) in [5.74, 6) is 0.234. The number of nitrogens with zero attached hydrogens (tertiary/aromatic N) is 3. The third-order valence-corrected chi connectivity index (χ3v) is 5.45. The summed E-state index contributed by atoms with van der Waals surface area (Å²) in [6.45, 7) is 11.4. The lowest BCUT2D eigenvalue weighted by Crippen LogP contribution is -2.36. The summed E-state index contributed by atoms with van der Waals surface area (Å²) < 4.78 is 1.98. The summed E-state index contributed by atoms with van der Waals surface area (Å²) in [5, 5.41) is 10.8. The molecule has 0 unspecified atom stereocenters. The van der Waals surface area contributed by atoms with Gasteiger partial charge in [0.25, 0.3) is 5.91 Å². The van der Waals surface area contributed by atoms with E-state index in [1.54, 1.807) is 0 Å². The summed E-state index contributed by atoms with van der Waals surface area (Å²) in [7, 11) is 0. The van der Waals surface area contributed by atoms with Gasteiger partial charge in [-0.05, 0) is 63.4 Å². The maximum absolute atomic E-state index is 12.9. The van der Waals surface area contributed by atoms with Crippen molar-refractivity contribution >= 4 is 17.6 Å². The molecule has 3 aromatic rings. The lowest BCUT2D eigenvalue weighted by molar-refractivity contribution is 0.0976. The summed E-state index contributed by atoms with van der Waals surface area (Å²) in [6.07, 6.45) is 0.937. The molecule has 0 aliphatic heterocycles. The molecular weight excluding hydrogens is 386 g/mol. The van der Waals surface area contributed by atoms with Gasteiger partial charge in [0.2, 0.25) is 5.96 Å². The van der Waals surface area contributed by atoms with E-state index < -0.39 is 0 Å². The van der Waals surface area contributed by atoms with Gasteiger partial charge >= 0.3 is 0 Å². The van der Waals surface area contributed by atoms with Gasteiger partial charge in [0.1, 0.15) is 0 Å². The molecule has 0 saturated heterocycles. The van der Waals surface area contributed by atoms with Crippen LogP contribution in [0.15, 0.2) is 53.5 Å². The summed E-state index contributed by atoms with van der Waals surface area (Å²) in [6, 6.07) is 15.7. The molecule has 0 fully saturated rings. The number of aryl methyl sites for hydroxylation is 4. The van der Waals surface area contributed by atoms with Gasteiger partial charge in [-0.15, -0.1) is 0 Å². The van der Waals surface area contributed by atoms with Crippen LogP contribution in [-0.2, 0) is 19.5 Å². The molecule has 2 N–H and O–H groups in total. The van der Waals surface area contributed by atoms with Gasteiger partial charge in [0, 0.05) is 29.1 Å². The molecule has 0 aliphatic rings. The van der Waals surface area contributed by atoms with E-state index >= 15 is 0 Å². The van der Waals surface area contributed by atoms with Crippen molar-refractivity contribution in [1.82, 2.24) is 15.1 Å². The van der Waals surface area contributed by atoms with Crippen molar-refractivity contribution in [3.05, 3.63) is 82.2 Å². The molecule has 0 radical (unpaired) electrons. The number of nitrogens with one attached hydrogen (secondary N) is 2. The van der Waals surface area contributed by atoms with Gasteiger partial charge in [-0.1, -0.05) is 37.3 Å². The second kappa shape index (κ2) is 10.1. The lowest BCUT2D eigenvalue weighted by Gasteiger charge is -2.14. The number of rotatable bonds is 6. The molecule has 31 heavy (non-hydrogen) atoms. The number of anilines is 1. The Morgan fingerprint density at radius 2 is 1.84 bits per heavy atom. The monoisotopic (exact) mass is 417 g/mol. The van der Waals surface area contributed by atoms with E-state index in [1.165, 1.54) is 5.56 Å². The van der Waals surface area contributed by atoms with Gasteiger partial charge in [0.05, 0.1) is 12.2 Å². The molecule has 1 amide bonds. The van der Waals surface area contributed by atoms with Crippen molar-refractivity contribution in [3.63, 3.8) is 0 Å². The Morgan fingerprint density at radius 3 is 2.52 bits per heavy atom. The van der Waals surface area contributed by atoms with Crippen LogP contribution < -0.4 is 10.6 Å². The molecule has 2 aromatic carbocycles. The number of aliphatic imine (C=N–C) groups is 1. The van der Waals surface area contributed by atoms with Crippen LogP contribution in [0.1, 0.15) is 52.3 Å². The second-order valence-electron chi connectivity index (χ2n) is 7.58. The molecule has 3 rings (SSSR count). The topological polar surface area (TPSA) is 71.3 Å². The third kappa shape index (κ3) is 5.40. The smallest absolute Gasteiger partial charge is 0.258 e. The standard InChI is InChI=1S/C25H31N5O/c1-6-20-12-10-13-21(15-20)27-25(28-24(31)22-14-9-8-11-17(22)3)26-16-23-18(4)29-30(7-2)19(23)5/h8-15H,6-7,16H2,1-5H3,(H2,26,27,28,31). The highest BCUT2D eigenvalue weighted by atomic mass is 16.1. The van der Waals surface area contributed by atoms with Crippen LogP contribution in [0.5, 0.6) is 0 Å². The van der Waals surface area contributed by atoms with E-state index in [2.05, 4.69) is 48.6 Å². The number of aromatic nitrogens is 2. The SMILES string of the molecule is CCc1cccc(NC(=NCc2c(C)nn(CC)c2C)NC(=O)c2ccccc2C)c1. The zero-order valence-electron chi connectivity index (χ0n) is 19.0. The van der Waals surface area contributed by atoms with Gasteiger partial charge in [-0.3, -0.25) is 14.8 Å². The number of benzene rings is 2. The summed E-state index contributed by atoms with van der Waals surface area (Å²) in [5.41, 5.74) is 6.79. The predicted octanol–water partition coefficient (Wildman–Crippen LogP) is 4.79. The number of amides is 1. The van der Waals surface area contributed by atoms with Crippen molar-refractivity contribution in [2.24, 2.45) is 4.99 Å². The van der Waals surface area contributed by atoms with E-state index in [9.17, 15) is 4.79 Å². The third-order valence-electron chi connectivity index (χ3n) is 5.45. The average Bonchev–Trinajstić information content (AvgIpc) is 3.05. The van der Waals surface area contributed by atoms with Crippen LogP contribution in [0.2, 0.25) is 0 Å². The van der Waals surface area contributed by atoms with Crippen molar-refractivity contribution in [2.75, 3.05) is 5.32 Å². The fourth-order valence-electron chi connectivity index (χ4n) is 3.55. The van der Waals surface area contributed by atoms with Gasteiger partial charge in [-0.25, -0.2) is 4.99 Å². The summed E-state index contributed by atoms with van der Waals surface area (Å²) in [4.78, 5) is 17.7. The van der Waals surface area contributed by atoms with Crippen molar-refractivity contribution in [3.8, 4) is 0 Å². The van der Waals surface area contributed by atoms with Crippen LogP contribution in [-0.4, -0.2) is 21.6 Å². The Balaban J connectivity index is 1.89. The minimum absolute atomic E-state index is 0.186. The normalized spacial score (nSPS) is 11.5. The highest BCUT2D eigenvalue weighted by molar-refractivity contribution is 6.10. The molecule has 162 valence electrons. The fourth-order valence-corrected chi connectivity index (χ4v) is 3.55. The quantitative estimate of drug-likeness (QED) is 0.447. The number of carbonyl (C=O) groups excluding carboxylic acids is 1. The first-order valence-corrected chi connectivity index (χ1v) is 10.7. The van der Waals surface area contributed by atoms with Crippen LogP contribution in [0.25, 0.3) is 0 Å². The number of hydrogen-bond acceptors (Lipinski definition) is 3. The molecule has 0 spiro atoms. The van der Waals surface area contributed by atoms with Gasteiger partial charge in [0.15, 0.2) is 0 Å². The lowest BCUT2D eigenvalue weighted by atomic mass is 10.1. The average molecular weight is 418 g/mol. The minimum Gasteiger partial charge on any atom is -0.326 e. The summed E-state index contributed by atoms with van der Waals surface area (Å²) >= 11 is 0. The van der Waals surface area contributed by atoms with Crippen molar-refractivity contribution in [1.29, 1.82) is 0 Å². The second-order valence-corrected chi connectivity index (χ2v) is 7.58. The Bertz CT molecular complexity index is 1100. The maximum Gasteiger partial charge on any atom is 0.258 e. The van der Waals surface area contributed by atoms with E-state index in [0.29, 0.717) is 18.1 Å². The van der Waals surface area contributed by atoms with Crippen molar-refractivity contribution < 1.29 is 4.79 Å². The van der Waals surface area contributed by atoms with E-state index in [0.717, 1.165) is 41.2 Å². The van der Waals surface area contributed by atoms with Crippen LogP contribution in [0, 0.1) is 20.8 Å².